The molecule has 0 aliphatic heterocycles. The van der Waals surface area contributed by atoms with E-state index in [4.69, 9.17) is 23.1 Å². The summed E-state index contributed by atoms with van der Waals surface area (Å²) in [5.41, 5.74) is 8.21. The molecule has 4 aromatic heterocycles. The van der Waals surface area contributed by atoms with Gasteiger partial charge in [-0.15, -0.1) is 9.90 Å². The number of rotatable bonds is 4. The zero-order valence-corrected chi connectivity index (χ0v) is 18.5. The molecule has 1 aromatic carbocycles. The summed E-state index contributed by atoms with van der Waals surface area (Å²) in [6.07, 6.45) is -0.385. The number of benzene rings is 1. The molecule has 5 aromatic rings. The molecule has 0 saturated heterocycles. The van der Waals surface area contributed by atoms with Gasteiger partial charge in [0.25, 0.3) is 5.91 Å². The maximum atomic E-state index is 14.5. The van der Waals surface area contributed by atoms with Crippen molar-refractivity contribution in [2.45, 2.75) is 6.18 Å². The molecule has 10 nitrogen and oxygen atoms in total. The summed E-state index contributed by atoms with van der Waals surface area (Å²) < 4.78 is 57.9. The zero-order valence-electron chi connectivity index (χ0n) is 17.7. The number of pyridine rings is 2. The molecular formula is C21H12ClF4N9O. The van der Waals surface area contributed by atoms with Crippen molar-refractivity contribution in [2.75, 3.05) is 5.73 Å². The second kappa shape index (κ2) is 8.27. The first-order valence-corrected chi connectivity index (χ1v) is 10.3. The van der Waals surface area contributed by atoms with Gasteiger partial charge >= 0.3 is 6.18 Å². The quantitative estimate of drug-likeness (QED) is 0.347. The Morgan fingerprint density at radius 3 is 2.47 bits per heavy atom. The molecule has 0 aliphatic carbocycles. The number of nitrogens with zero attached hydrogens (tertiary/aromatic N) is 7. The lowest BCUT2D eigenvalue weighted by atomic mass is 10.00. The molecule has 0 atom stereocenters. The molecule has 5 rings (SSSR count). The molecule has 0 saturated carbocycles. The molecule has 0 radical (unpaired) electrons. The van der Waals surface area contributed by atoms with Gasteiger partial charge in [-0.1, -0.05) is 23.7 Å². The van der Waals surface area contributed by atoms with Crippen molar-refractivity contribution >= 4 is 34.1 Å². The Balaban J connectivity index is 1.83. The molecule has 0 aliphatic rings. The number of primary amides is 1. The Hall–Kier alpha value is -4.59. The number of nitrogens with two attached hydrogens (primary N) is 2. The van der Waals surface area contributed by atoms with Crippen molar-refractivity contribution in [3.05, 3.63) is 71.3 Å². The molecule has 4 N–H and O–H groups in total. The summed E-state index contributed by atoms with van der Waals surface area (Å²) in [6.45, 7) is 0. The van der Waals surface area contributed by atoms with E-state index in [1.165, 1.54) is 30.6 Å². The molecule has 1 amide bonds. The van der Waals surface area contributed by atoms with Crippen LogP contribution in [0.1, 0.15) is 16.1 Å². The molecule has 0 unspecified atom stereocenters. The first kappa shape index (κ1) is 23.2. The summed E-state index contributed by atoms with van der Waals surface area (Å²) in [6, 6.07) is 5.12. The predicted octanol–water partition coefficient (Wildman–Crippen LogP) is 3.56. The van der Waals surface area contributed by atoms with Crippen LogP contribution in [0.2, 0.25) is 5.15 Å². The third-order valence-corrected chi connectivity index (χ3v) is 5.37. The molecular weight excluding hydrogens is 506 g/mol. The van der Waals surface area contributed by atoms with Crippen LogP contribution in [0.4, 0.5) is 23.4 Å². The smallest absolute Gasteiger partial charge is 0.383 e. The van der Waals surface area contributed by atoms with E-state index in [0.717, 1.165) is 23.3 Å². The number of aromatic nitrogens is 7. The fraction of sp³-hybridized carbons (Fsp3) is 0.0476. The minimum atomic E-state index is -5.08. The second-order valence-corrected chi connectivity index (χ2v) is 7.81. The van der Waals surface area contributed by atoms with E-state index in [1.54, 1.807) is 0 Å². The number of amides is 1. The standard InChI is InChI=1S/C21H12ClF4N9O/c22-14-8-31-35(32-14)10-4-9(5-29-6-10)34-18(21(24,25)26)16(20(28)36)17(33-34)12-7-30-19(27)15-11(12)2-1-3-13(15)23/h1-8H,(H2,27,30)(H2,28,36). The highest BCUT2D eigenvalue weighted by atomic mass is 35.5. The maximum Gasteiger partial charge on any atom is 0.434 e. The normalized spacial score (nSPS) is 11.8. The van der Waals surface area contributed by atoms with E-state index < -0.39 is 34.9 Å². The van der Waals surface area contributed by atoms with Gasteiger partial charge in [0.05, 0.1) is 35.2 Å². The largest absolute Gasteiger partial charge is 0.434 e. The van der Waals surface area contributed by atoms with Crippen molar-refractivity contribution in [1.29, 1.82) is 0 Å². The van der Waals surface area contributed by atoms with E-state index in [-0.39, 0.29) is 38.7 Å². The first-order valence-electron chi connectivity index (χ1n) is 9.93. The van der Waals surface area contributed by atoms with Gasteiger partial charge < -0.3 is 11.5 Å². The van der Waals surface area contributed by atoms with Crippen LogP contribution in [-0.2, 0) is 6.18 Å². The second-order valence-electron chi connectivity index (χ2n) is 7.42. The average molecular weight is 518 g/mol. The summed E-state index contributed by atoms with van der Waals surface area (Å²) in [5, 5.41) is 11.8. The Morgan fingerprint density at radius 1 is 1.06 bits per heavy atom. The summed E-state index contributed by atoms with van der Waals surface area (Å²) in [7, 11) is 0. The SMILES string of the molecule is NC(=O)c1c(-c2cnc(N)c3c(F)cccc23)nn(-c2cncc(-n3ncc(Cl)n3)c2)c1C(F)(F)F. The predicted molar refractivity (Wildman–Crippen MR) is 120 cm³/mol. The highest BCUT2D eigenvalue weighted by Gasteiger charge is 2.43. The minimum Gasteiger partial charge on any atom is -0.383 e. The Labute approximate surface area is 203 Å². The van der Waals surface area contributed by atoms with Crippen LogP contribution in [0.15, 0.2) is 49.1 Å². The van der Waals surface area contributed by atoms with Gasteiger partial charge in [0, 0.05) is 11.8 Å². The van der Waals surface area contributed by atoms with Crippen LogP contribution in [0, 0.1) is 5.82 Å². The Morgan fingerprint density at radius 2 is 1.81 bits per heavy atom. The summed E-state index contributed by atoms with van der Waals surface area (Å²) >= 11 is 5.77. The first-order chi connectivity index (χ1) is 17.1. The van der Waals surface area contributed by atoms with Crippen LogP contribution in [0.5, 0.6) is 0 Å². The van der Waals surface area contributed by atoms with E-state index in [9.17, 15) is 22.4 Å². The van der Waals surface area contributed by atoms with Crippen LogP contribution < -0.4 is 11.5 Å². The number of carbonyl (C=O) groups excluding carboxylic acids is 1. The van der Waals surface area contributed by atoms with Crippen molar-refractivity contribution in [3.8, 4) is 22.6 Å². The number of carbonyl (C=O) groups is 1. The molecule has 4 heterocycles. The highest BCUT2D eigenvalue weighted by molar-refractivity contribution is 6.29. The molecule has 0 fully saturated rings. The van der Waals surface area contributed by atoms with Gasteiger partial charge in [-0.3, -0.25) is 9.78 Å². The summed E-state index contributed by atoms with van der Waals surface area (Å²) in [4.78, 5) is 21.2. The molecule has 182 valence electrons. The van der Waals surface area contributed by atoms with Crippen molar-refractivity contribution < 1.29 is 22.4 Å². The van der Waals surface area contributed by atoms with E-state index in [0.29, 0.717) is 4.68 Å². The topological polar surface area (TPSA) is 143 Å². The molecule has 0 spiro atoms. The van der Waals surface area contributed by atoms with Crippen molar-refractivity contribution in [1.82, 2.24) is 34.7 Å². The lowest BCUT2D eigenvalue weighted by Gasteiger charge is -2.12. The maximum absolute atomic E-state index is 14.5. The van der Waals surface area contributed by atoms with Crippen LogP contribution >= 0.6 is 11.6 Å². The highest BCUT2D eigenvalue weighted by Crippen LogP contribution is 2.40. The van der Waals surface area contributed by atoms with Crippen molar-refractivity contribution in [3.63, 3.8) is 0 Å². The summed E-state index contributed by atoms with van der Waals surface area (Å²) in [5.74, 6) is -2.35. The van der Waals surface area contributed by atoms with Gasteiger partial charge in [0.2, 0.25) is 0 Å². The number of hydrogen-bond acceptors (Lipinski definition) is 7. The van der Waals surface area contributed by atoms with Gasteiger partial charge in [0.15, 0.2) is 10.8 Å². The number of hydrogen-bond donors (Lipinski definition) is 2. The van der Waals surface area contributed by atoms with Gasteiger partial charge in [-0.25, -0.2) is 14.1 Å². The van der Waals surface area contributed by atoms with Crippen LogP contribution in [0.3, 0.4) is 0 Å². The van der Waals surface area contributed by atoms with E-state index in [1.807, 2.05) is 0 Å². The van der Waals surface area contributed by atoms with Crippen LogP contribution in [0.25, 0.3) is 33.4 Å². The van der Waals surface area contributed by atoms with E-state index in [2.05, 4.69) is 25.3 Å². The molecule has 0 bridgehead atoms. The number of fused-ring (bicyclic) bond motifs is 1. The van der Waals surface area contributed by atoms with Gasteiger partial charge in [-0.2, -0.15) is 23.4 Å². The van der Waals surface area contributed by atoms with Crippen LogP contribution in [-0.4, -0.2) is 40.6 Å². The zero-order chi connectivity index (χ0) is 25.8. The lowest BCUT2D eigenvalue weighted by Crippen LogP contribution is -2.21. The van der Waals surface area contributed by atoms with Gasteiger partial charge in [-0.05, 0) is 17.5 Å². The minimum absolute atomic E-state index is 0.0451. The third-order valence-electron chi connectivity index (χ3n) is 5.20. The molecule has 36 heavy (non-hydrogen) atoms. The number of halogens is 5. The van der Waals surface area contributed by atoms with Crippen molar-refractivity contribution in [2.24, 2.45) is 5.73 Å². The lowest BCUT2D eigenvalue weighted by molar-refractivity contribution is -0.143. The third kappa shape index (κ3) is 3.76. The fourth-order valence-corrected chi connectivity index (χ4v) is 3.88. The van der Waals surface area contributed by atoms with E-state index >= 15 is 0 Å². The Kier molecular flexibility index (Phi) is 5.32. The average Bonchev–Trinajstić information content (AvgIpc) is 3.44. The number of alkyl halides is 3. The molecule has 15 heteroatoms. The number of nitrogen functional groups attached to an aromatic ring is 1. The van der Waals surface area contributed by atoms with Gasteiger partial charge in [0.1, 0.15) is 23.0 Å². The fourth-order valence-electron chi connectivity index (χ4n) is 3.76. The Bertz CT molecular complexity index is 1650. The number of anilines is 1. The monoisotopic (exact) mass is 517 g/mol.